The fourth-order valence-electron chi connectivity index (χ4n) is 4.41. The van der Waals surface area contributed by atoms with Gasteiger partial charge in [0.15, 0.2) is 11.6 Å². The van der Waals surface area contributed by atoms with Gasteiger partial charge in [-0.05, 0) is 43.8 Å². The van der Waals surface area contributed by atoms with E-state index in [0.717, 1.165) is 22.6 Å². The van der Waals surface area contributed by atoms with Crippen molar-refractivity contribution in [2.24, 2.45) is 5.10 Å². The smallest absolute Gasteiger partial charge is 0.337 e. The zero-order valence-electron chi connectivity index (χ0n) is 20.7. The first-order valence-corrected chi connectivity index (χ1v) is 12.5. The van der Waals surface area contributed by atoms with Gasteiger partial charge in [0, 0.05) is 44.4 Å². The van der Waals surface area contributed by atoms with Gasteiger partial charge in [-0.1, -0.05) is 29.8 Å². The van der Waals surface area contributed by atoms with Gasteiger partial charge in [-0.2, -0.15) is 5.10 Å². The van der Waals surface area contributed by atoms with Crippen molar-refractivity contribution in [1.82, 2.24) is 19.9 Å². The first-order chi connectivity index (χ1) is 17.3. The summed E-state index contributed by atoms with van der Waals surface area (Å²) in [6.45, 7) is 7.09. The maximum Gasteiger partial charge on any atom is 0.341 e. The Bertz CT molecular complexity index is 1230. The zero-order valence-corrected chi connectivity index (χ0v) is 21.8. The number of piperazine rings is 1. The van der Waals surface area contributed by atoms with Crippen molar-refractivity contribution in [2.75, 3.05) is 31.1 Å². The van der Waals surface area contributed by atoms with Crippen LogP contribution in [0.2, 0.25) is 0 Å². The molecular formula is C26H30FN6O2P. The Labute approximate surface area is 212 Å². The number of Topliss-reactive ketones (excluding diaryl/α,β-unsaturated/α-hetero) is 1. The summed E-state index contributed by atoms with van der Waals surface area (Å²) in [4.78, 5) is 37.6. The third kappa shape index (κ3) is 5.51. The molecule has 0 aliphatic carbocycles. The predicted molar refractivity (Wildman–Crippen MR) is 143 cm³/mol. The highest BCUT2D eigenvalue weighted by molar-refractivity contribution is 7.27. The maximum absolute atomic E-state index is 14.5. The number of amides is 2. The second kappa shape index (κ2) is 11.1. The number of urea groups is 1. The van der Waals surface area contributed by atoms with E-state index in [-0.39, 0.29) is 29.1 Å². The number of halogens is 1. The Hall–Kier alpha value is -3.45. The van der Waals surface area contributed by atoms with Crippen molar-refractivity contribution >= 4 is 44.1 Å². The summed E-state index contributed by atoms with van der Waals surface area (Å²) in [5, 5.41) is 7.01. The molecule has 2 aliphatic rings. The van der Waals surface area contributed by atoms with E-state index in [1.807, 2.05) is 18.7 Å². The normalized spacial score (nSPS) is 18.4. The van der Waals surface area contributed by atoms with Gasteiger partial charge in [0.05, 0.1) is 12.2 Å². The van der Waals surface area contributed by atoms with E-state index in [4.69, 9.17) is 0 Å². The number of allylic oxidation sites excluding steroid dienone is 4. The van der Waals surface area contributed by atoms with Crippen LogP contribution in [0, 0.1) is 12.7 Å². The van der Waals surface area contributed by atoms with Gasteiger partial charge < -0.3 is 9.80 Å². The van der Waals surface area contributed by atoms with Gasteiger partial charge in [-0.25, -0.2) is 24.2 Å². The molecule has 10 heteroatoms. The second-order valence-corrected chi connectivity index (χ2v) is 9.52. The van der Waals surface area contributed by atoms with Crippen molar-refractivity contribution in [3.63, 3.8) is 0 Å². The number of rotatable bonds is 5. The summed E-state index contributed by atoms with van der Waals surface area (Å²) < 4.78 is 14.5. The molecule has 0 saturated carbocycles. The van der Waals surface area contributed by atoms with E-state index in [9.17, 15) is 14.0 Å². The molecule has 3 heterocycles. The number of carbonyl (C=O) groups excluding carboxylic acids is 2. The van der Waals surface area contributed by atoms with E-state index in [1.54, 1.807) is 34.4 Å². The Morgan fingerprint density at radius 2 is 1.92 bits per heavy atom. The van der Waals surface area contributed by atoms with Crippen LogP contribution < -0.4 is 10.2 Å². The van der Waals surface area contributed by atoms with E-state index in [1.165, 1.54) is 6.92 Å². The summed E-state index contributed by atoms with van der Waals surface area (Å²) in [6.07, 6.45) is 8.53. The van der Waals surface area contributed by atoms with Crippen molar-refractivity contribution < 1.29 is 14.0 Å². The lowest BCUT2D eigenvalue weighted by molar-refractivity contribution is -0.111. The minimum Gasteiger partial charge on any atom is -0.337 e. The molecule has 0 N–H and O–H groups in total. The van der Waals surface area contributed by atoms with Gasteiger partial charge in [-0.15, -0.1) is 9.24 Å². The highest BCUT2D eigenvalue weighted by atomic mass is 31.0. The number of aryl methyl sites for hydroxylation is 1. The molecule has 1 aromatic carbocycles. The van der Waals surface area contributed by atoms with Gasteiger partial charge in [-0.3, -0.25) is 4.79 Å². The topological polar surface area (TPSA) is 82.0 Å². The van der Waals surface area contributed by atoms with Crippen LogP contribution in [-0.4, -0.2) is 64.1 Å². The number of hydrogen-bond acceptors (Lipinski definition) is 6. The standard InChI is InChI=1S/C26H30FN6O2P/c1-4-5-6-21(18(3)34)24-22(27)16-28-25(30-24)31-9-11-32(12-10-31)26(35)33-23(7-8-29-33)19-13-17(2)14-20(36)15-19/h4-6,8,13-16,23H,7,9-12,36H2,1-3H3/b5-4-,21-6+. The molecular weight excluding hydrogens is 478 g/mol. The Kier molecular flexibility index (Phi) is 7.89. The van der Waals surface area contributed by atoms with Crippen LogP contribution in [0.3, 0.4) is 0 Å². The van der Waals surface area contributed by atoms with Crippen molar-refractivity contribution in [1.29, 1.82) is 0 Å². The summed E-state index contributed by atoms with van der Waals surface area (Å²) in [7, 11) is 2.71. The Balaban J connectivity index is 1.46. The fourth-order valence-corrected chi connectivity index (χ4v) is 4.86. The molecule has 188 valence electrons. The molecule has 1 aromatic heterocycles. The van der Waals surface area contributed by atoms with Crippen molar-refractivity contribution in [3.05, 3.63) is 65.3 Å². The highest BCUT2D eigenvalue weighted by Gasteiger charge is 2.33. The molecule has 2 atom stereocenters. The van der Waals surface area contributed by atoms with Crippen LogP contribution in [0.5, 0.6) is 0 Å². The molecule has 0 bridgehead atoms. The molecule has 1 fully saturated rings. The maximum atomic E-state index is 14.5. The third-order valence-electron chi connectivity index (χ3n) is 6.19. The van der Waals surface area contributed by atoms with Crippen LogP contribution in [0.4, 0.5) is 15.1 Å². The number of anilines is 1. The molecule has 0 spiro atoms. The van der Waals surface area contributed by atoms with Crippen LogP contribution >= 0.6 is 9.24 Å². The van der Waals surface area contributed by atoms with Crippen LogP contribution in [0.15, 0.2) is 47.7 Å². The average Bonchev–Trinajstić information content (AvgIpc) is 3.34. The zero-order chi connectivity index (χ0) is 25.8. The lowest BCUT2D eigenvalue weighted by Crippen LogP contribution is -2.52. The van der Waals surface area contributed by atoms with Gasteiger partial charge in [0.2, 0.25) is 5.95 Å². The Morgan fingerprint density at radius 1 is 1.17 bits per heavy atom. The van der Waals surface area contributed by atoms with Gasteiger partial charge >= 0.3 is 6.03 Å². The number of hydrogen-bond donors (Lipinski definition) is 0. The third-order valence-corrected chi connectivity index (χ3v) is 6.52. The molecule has 0 radical (unpaired) electrons. The minimum atomic E-state index is -0.652. The van der Waals surface area contributed by atoms with Crippen LogP contribution in [0.1, 0.15) is 43.1 Å². The van der Waals surface area contributed by atoms with E-state index >= 15 is 0 Å². The molecule has 4 rings (SSSR count). The van der Waals surface area contributed by atoms with E-state index < -0.39 is 5.82 Å². The molecule has 8 nitrogen and oxygen atoms in total. The Morgan fingerprint density at radius 3 is 2.58 bits per heavy atom. The minimum absolute atomic E-state index is 0.0232. The lowest BCUT2D eigenvalue weighted by atomic mass is 10.0. The number of nitrogens with zero attached hydrogens (tertiary/aromatic N) is 6. The molecule has 2 amide bonds. The summed E-state index contributed by atoms with van der Waals surface area (Å²) in [5.74, 6) is -0.604. The molecule has 36 heavy (non-hydrogen) atoms. The first kappa shape index (κ1) is 25.6. The molecule has 1 saturated heterocycles. The summed E-state index contributed by atoms with van der Waals surface area (Å²) in [5.41, 5.74) is 2.36. The predicted octanol–water partition coefficient (Wildman–Crippen LogP) is 3.65. The fraction of sp³-hybridized carbons (Fsp3) is 0.346. The van der Waals surface area contributed by atoms with Crippen LogP contribution in [-0.2, 0) is 4.79 Å². The lowest BCUT2D eigenvalue weighted by Gasteiger charge is -2.37. The number of aromatic nitrogens is 2. The number of benzene rings is 1. The molecule has 2 unspecified atom stereocenters. The van der Waals surface area contributed by atoms with Gasteiger partial charge in [0.1, 0.15) is 5.69 Å². The molecule has 2 aliphatic heterocycles. The summed E-state index contributed by atoms with van der Waals surface area (Å²) >= 11 is 0. The number of ketones is 1. The van der Waals surface area contributed by atoms with E-state index in [0.29, 0.717) is 38.5 Å². The number of carbonyl (C=O) groups is 2. The quantitative estimate of drug-likeness (QED) is 0.350. The second-order valence-electron chi connectivity index (χ2n) is 8.86. The monoisotopic (exact) mass is 508 g/mol. The molecule has 2 aromatic rings. The van der Waals surface area contributed by atoms with Crippen LogP contribution in [0.25, 0.3) is 5.57 Å². The van der Waals surface area contributed by atoms with Crippen molar-refractivity contribution in [3.8, 4) is 0 Å². The SMILES string of the molecule is C/C=C\C=C(/C(C)=O)c1nc(N2CCN(C(=O)N3N=CCC3c3cc(C)cc(P)c3)CC2)ncc1F. The first-order valence-electron chi connectivity index (χ1n) is 11.9. The highest BCUT2D eigenvalue weighted by Crippen LogP contribution is 2.30. The van der Waals surface area contributed by atoms with Crippen molar-refractivity contribution in [2.45, 2.75) is 33.2 Å². The largest absolute Gasteiger partial charge is 0.341 e. The summed E-state index contributed by atoms with van der Waals surface area (Å²) in [6, 6.07) is 5.96. The van der Waals surface area contributed by atoms with Gasteiger partial charge in [0.25, 0.3) is 0 Å². The number of hydrazone groups is 1. The van der Waals surface area contributed by atoms with E-state index in [2.05, 4.69) is 42.5 Å². The average molecular weight is 509 g/mol.